The van der Waals surface area contributed by atoms with Gasteiger partial charge in [-0.25, -0.2) is 8.42 Å². The topological polar surface area (TPSA) is 106 Å². The van der Waals surface area contributed by atoms with Gasteiger partial charge in [0.2, 0.25) is 0 Å². The Bertz CT molecular complexity index is 1190. The number of amides is 1. The van der Waals surface area contributed by atoms with Crippen LogP contribution in [0.2, 0.25) is 5.02 Å². The van der Waals surface area contributed by atoms with Crippen LogP contribution in [-0.4, -0.2) is 29.1 Å². The fraction of sp³-hybridized carbons (Fsp3) is 0.286. The zero-order chi connectivity index (χ0) is 21.8. The molecule has 0 spiro atoms. The first-order valence-corrected chi connectivity index (χ1v) is 11.9. The van der Waals surface area contributed by atoms with E-state index in [0.29, 0.717) is 16.5 Å². The van der Waals surface area contributed by atoms with E-state index in [4.69, 9.17) is 11.6 Å². The Hall–Kier alpha value is -2.91. The van der Waals surface area contributed by atoms with E-state index in [1.165, 1.54) is 18.2 Å². The molecule has 2 aromatic carbocycles. The average Bonchev–Trinajstić information content (AvgIpc) is 2.99. The summed E-state index contributed by atoms with van der Waals surface area (Å²) in [6.45, 7) is 1.07. The van der Waals surface area contributed by atoms with Gasteiger partial charge in [-0.1, -0.05) is 24.1 Å². The molecule has 0 fully saturated rings. The molecule has 1 aliphatic rings. The number of aryl methyl sites for hydroxylation is 1. The smallest absolute Gasteiger partial charge is 0.261 e. The van der Waals surface area contributed by atoms with Gasteiger partial charge in [0, 0.05) is 29.2 Å². The Morgan fingerprint density at radius 2 is 1.87 bits per heavy atom. The molecule has 2 heterocycles. The van der Waals surface area contributed by atoms with Crippen LogP contribution in [0.25, 0.3) is 0 Å². The van der Waals surface area contributed by atoms with Crippen molar-refractivity contribution in [3.63, 3.8) is 0 Å². The molecule has 1 aliphatic heterocycles. The van der Waals surface area contributed by atoms with Gasteiger partial charge in [0.1, 0.15) is 5.82 Å². The van der Waals surface area contributed by atoms with Crippen LogP contribution in [0, 0.1) is 0 Å². The highest BCUT2D eigenvalue weighted by Crippen LogP contribution is 2.19. The number of carbonyl (C=O) groups is 1. The van der Waals surface area contributed by atoms with E-state index in [0.717, 1.165) is 38.1 Å². The van der Waals surface area contributed by atoms with Gasteiger partial charge in [-0.15, -0.1) is 10.2 Å². The van der Waals surface area contributed by atoms with Crippen molar-refractivity contribution in [2.45, 2.75) is 43.7 Å². The SMILES string of the molecule is O=C(NCc1nnc2n1CCCCC2)c1cccc(S(=O)(=O)Nc2ccc(Cl)cc2)c1. The molecule has 3 aromatic rings. The van der Waals surface area contributed by atoms with E-state index in [9.17, 15) is 13.2 Å². The van der Waals surface area contributed by atoms with Crippen LogP contribution >= 0.6 is 11.6 Å². The second-order valence-electron chi connectivity index (χ2n) is 7.32. The number of sulfonamides is 1. The van der Waals surface area contributed by atoms with Crippen molar-refractivity contribution in [3.8, 4) is 0 Å². The number of fused-ring (bicyclic) bond motifs is 1. The molecule has 0 bridgehead atoms. The second-order valence-corrected chi connectivity index (χ2v) is 9.44. The van der Waals surface area contributed by atoms with E-state index in [-0.39, 0.29) is 22.9 Å². The molecule has 162 valence electrons. The van der Waals surface area contributed by atoms with E-state index in [1.807, 2.05) is 0 Å². The highest BCUT2D eigenvalue weighted by molar-refractivity contribution is 7.92. The third-order valence-electron chi connectivity index (χ3n) is 5.10. The van der Waals surface area contributed by atoms with Gasteiger partial charge in [0.05, 0.1) is 11.4 Å². The predicted octanol–water partition coefficient (Wildman–Crippen LogP) is 3.39. The first-order valence-electron chi connectivity index (χ1n) is 10.00. The van der Waals surface area contributed by atoms with Crippen LogP contribution in [0.5, 0.6) is 0 Å². The molecule has 2 N–H and O–H groups in total. The van der Waals surface area contributed by atoms with Crippen molar-refractivity contribution in [3.05, 3.63) is 70.8 Å². The lowest BCUT2D eigenvalue weighted by Gasteiger charge is -2.11. The molecule has 1 aromatic heterocycles. The number of nitrogens with zero attached hydrogens (tertiary/aromatic N) is 3. The van der Waals surface area contributed by atoms with Crippen molar-refractivity contribution in [1.82, 2.24) is 20.1 Å². The number of hydrogen-bond acceptors (Lipinski definition) is 5. The molecular formula is C21H22ClN5O3S. The Labute approximate surface area is 185 Å². The van der Waals surface area contributed by atoms with Crippen LogP contribution in [-0.2, 0) is 29.5 Å². The minimum atomic E-state index is -3.86. The number of hydrogen-bond donors (Lipinski definition) is 2. The zero-order valence-corrected chi connectivity index (χ0v) is 18.3. The molecule has 10 heteroatoms. The van der Waals surface area contributed by atoms with Crippen molar-refractivity contribution >= 4 is 33.2 Å². The number of carbonyl (C=O) groups excluding carboxylic acids is 1. The lowest BCUT2D eigenvalue weighted by molar-refractivity contribution is 0.0949. The Balaban J connectivity index is 1.46. The summed E-state index contributed by atoms with van der Waals surface area (Å²) in [5, 5.41) is 11.7. The molecule has 8 nitrogen and oxygen atoms in total. The minimum Gasteiger partial charge on any atom is -0.345 e. The molecule has 4 rings (SSSR count). The maximum Gasteiger partial charge on any atom is 0.261 e. The number of aromatic nitrogens is 3. The fourth-order valence-corrected chi connectivity index (χ4v) is 4.70. The average molecular weight is 460 g/mol. The molecular weight excluding hydrogens is 438 g/mol. The molecule has 0 radical (unpaired) electrons. The van der Waals surface area contributed by atoms with Gasteiger partial charge in [0.25, 0.3) is 15.9 Å². The summed E-state index contributed by atoms with van der Waals surface area (Å²) >= 11 is 5.84. The van der Waals surface area contributed by atoms with Crippen molar-refractivity contribution in [2.75, 3.05) is 4.72 Å². The maximum atomic E-state index is 12.7. The highest BCUT2D eigenvalue weighted by atomic mass is 35.5. The second kappa shape index (κ2) is 9.07. The Kier molecular flexibility index (Phi) is 6.24. The zero-order valence-electron chi connectivity index (χ0n) is 16.7. The molecule has 0 atom stereocenters. The predicted molar refractivity (Wildman–Crippen MR) is 117 cm³/mol. The minimum absolute atomic E-state index is 0.00792. The number of anilines is 1. The third kappa shape index (κ3) is 5.05. The summed E-state index contributed by atoms with van der Waals surface area (Å²) in [6.07, 6.45) is 4.20. The van der Waals surface area contributed by atoms with Crippen LogP contribution in [0.1, 0.15) is 41.3 Å². The Morgan fingerprint density at radius 3 is 2.68 bits per heavy atom. The van der Waals surface area contributed by atoms with Gasteiger partial charge in [-0.05, 0) is 55.3 Å². The normalized spacial score (nSPS) is 13.8. The molecule has 0 saturated carbocycles. The molecule has 1 amide bonds. The van der Waals surface area contributed by atoms with Crippen LogP contribution < -0.4 is 10.0 Å². The van der Waals surface area contributed by atoms with Crippen molar-refractivity contribution < 1.29 is 13.2 Å². The Morgan fingerprint density at radius 1 is 1.06 bits per heavy atom. The summed E-state index contributed by atoms with van der Waals surface area (Å²) in [5.74, 6) is 1.27. The van der Waals surface area contributed by atoms with Crippen LogP contribution in [0.4, 0.5) is 5.69 Å². The lowest BCUT2D eigenvalue weighted by atomic mass is 10.2. The quantitative estimate of drug-likeness (QED) is 0.587. The summed E-state index contributed by atoms with van der Waals surface area (Å²) in [4.78, 5) is 12.6. The summed E-state index contributed by atoms with van der Waals surface area (Å²) in [7, 11) is -3.86. The maximum absolute atomic E-state index is 12.7. The summed E-state index contributed by atoms with van der Waals surface area (Å²) in [5.41, 5.74) is 0.626. The first kappa shape index (κ1) is 21.3. The van der Waals surface area contributed by atoms with E-state index >= 15 is 0 Å². The first-order chi connectivity index (χ1) is 14.9. The van der Waals surface area contributed by atoms with Crippen LogP contribution in [0.15, 0.2) is 53.4 Å². The van der Waals surface area contributed by atoms with Gasteiger partial charge in [-0.2, -0.15) is 0 Å². The number of rotatable bonds is 6. The summed E-state index contributed by atoms with van der Waals surface area (Å²) < 4.78 is 29.9. The lowest BCUT2D eigenvalue weighted by Crippen LogP contribution is -2.25. The molecule has 0 unspecified atom stereocenters. The standard InChI is InChI=1S/C21H22ClN5O3S/c22-16-8-10-17(11-9-16)26-31(29,30)18-6-4-5-15(13-18)21(28)23-14-20-25-24-19-7-2-1-3-12-27(19)20/h4-6,8-11,13,26H,1-3,7,12,14H2,(H,23,28). The number of halogens is 1. The highest BCUT2D eigenvalue weighted by Gasteiger charge is 2.18. The van der Waals surface area contributed by atoms with Crippen LogP contribution in [0.3, 0.4) is 0 Å². The third-order valence-corrected chi connectivity index (χ3v) is 6.73. The van der Waals surface area contributed by atoms with E-state index in [1.54, 1.807) is 30.3 Å². The molecule has 31 heavy (non-hydrogen) atoms. The monoisotopic (exact) mass is 459 g/mol. The van der Waals surface area contributed by atoms with Gasteiger partial charge in [-0.3, -0.25) is 9.52 Å². The molecule has 0 aliphatic carbocycles. The van der Waals surface area contributed by atoms with Gasteiger partial charge < -0.3 is 9.88 Å². The number of nitrogens with one attached hydrogen (secondary N) is 2. The van der Waals surface area contributed by atoms with Gasteiger partial charge >= 0.3 is 0 Å². The molecule has 0 saturated heterocycles. The van der Waals surface area contributed by atoms with Crippen molar-refractivity contribution in [2.24, 2.45) is 0 Å². The largest absolute Gasteiger partial charge is 0.345 e. The van der Waals surface area contributed by atoms with E-state index in [2.05, 4.69) is 24.8 Å². The van der Waals surface area contributed by atoms with E-state index < -0.39 is 10.0 Å². The number of benzene rings is 2. The van der Waals surface area contributed by atoms with Crippen molar-refractivity contribution in [1.29, 1.82) is 0 Å². The fourth-order valence-electron chi connectivity index (χ4n) is 3.47. The summed E-state index contributed by atoms with van der Waals surface area (Å²) in [6, 6.07) is 12.2. The van der Waals surface area contributed by atoms with Gasteiger partial charge in [0.15, 0.2) is 5.82 Å².